The Labute approximate surface area is 209 Å². The Kier molecular flexibility index (Phi) is 11.9. The molecule has 0 heterocycles. The van der Waals surface area contributed by atoms with E-state index in [9.17, 15) is 8.42 Å². The zero-order valence-electron chi connectivity index (χ0n) is 18.9. The van der Waals surface area contributed by atoms with E-state index in [1.54, 1.807) is 12.1 Å². The molecule has 0 atom stereocenters. The summed E-state index contributed by atoms with van der Waals surface area (Å²) in [5.74, 6) is 0.818. The highest BCUT2D eigenvalue weighted by Gasteiger charge is 2.22. The third-order valence-corrected chi connectivity index (χ3v) is 7.35. The molecule has 2 aromatic rings. The fraction of sp³-hybridized carbons (Fsp3) is 0.391. The van der Waals surface area contributed by atoms with Gasteiger partial charge in [-0.3, -0.25) is 4.55 Å². The van der Waals surface area contributed by atoms with Crippen molar-refractivity contribution in [3.8, 4) is 5.75 Å². The summed E-state index contributed by atoms with van der Waals surface area (Å²) < 4.78 is 38.3. The second-order valence-electron chi connectivity index (χ2n) is 7.45. The summed E-state index contributed by atoms with van der Waals surface area (Å²) in [6.07, 6.45) is 3.03. The van der Waals surface area contributed by atoms with Crippen molar-refractivity contribution in [2.45, 2.75) is 32.1 Å². The maximum Gasteiger partial charge on any atom is 0.294 e. The molecular weight excluding hydrogens is 560 g/mol. The van der Waals surface area contributed by atoms with E-state index in [1.165, 1.54) is 12.1 Å². The van der Waals surface area contributed by atoms with Crippen LogP contribution in [0.15, 0.2) is 62.9 Å². The molecule has 0 spiro atoms. The van der Waals surface area contributed by atoms with Crippen LogP contribution in [0.5, 0.6) is 5.75 Å². The van der Waals surface area contributed by atoms with Gasteiger partial charge in [-0.15, -0.1) is 6.58 Å². The Bertz CT molecular complexity index is 953. The van der Waals surface area contributed by atoms with Gasteiger partial charge in [0.25, 0.3) is 10.1 Å². The van der Waals surface area contributed by atoms with Crippen LogP contribution in [-0.2, 0) is 10.1 Å². The standard InChI is InChI=1S/C16H25Br2N2O.C7H8O3S/c1-4-7-8-20(5-2,6-3)9-10-21-16-14(17)11-13(19)12-15(16)18;1-6-2-4-7(5-3-6)11(8,9)10/h4,11-12H,1,5-10,19H2,2-3H3;2-5H,1H3,(H,8,9,10)/q+1;. The Morgan fingerprint density at radius 2 is 1.62 bits per heavy atom. The number of aryl methyl sites for hydroxylation is 1. The molecule has 0 bridgehead atoms. The lowest BCUT2D eigenvalue weighted by atomic mass is 10.2. The number of nitrogens with zero attached hydrogens (tertiary/aromatic N) is 1. The van der Waals surface area contributed by atoms with Crippen molar-refractivity contribution in [2.24, 2.45) is 0 Å². The van der Waals surface area contributed by atoms with Crippen molar-refractivity contribution in [2.75, 3.05) is 38.5 Å². The summed E-state index contributed by atoms with van der Waals surface area (Å²) in [6, 6.07) is 9.71. The van der Waals surface area contributed by atoms with E-state index in [0.717, 1.165) is 57.3 Å². The average molecular weight is 593 g/mol. The highest BCUT2D eigenvalue weighted by atomic mass is 79.9. The second kappa shape index (κ2) is 13.3. The van der Waals surface area contributed by atoms with Gasteiger partial charge in [-0.25, -0.2) is 0 Å². The van der Waals surface area contributed by atoms with E-state index < -0.39 is 10.1 Å². The van der Waals surface area contributed by atoms with Crippen molar-refractivity contribution >= 4 is 47.7 Å². The number of quaternary nitrogens is 1. The highest BCUT2D eigenvalue weighted by molar-refractivity contribution is 9.11. The van der Waals surface area contributed by atoms with Crippen LogP contribution < -0.4 is 10.5 Å². The molecular formula is C23H33Br2N2O4S+. The second-order valence-corrected chi connectivity index (χ2v) is 10.6. The molecule has 0 saturated carbocycles. The van der Waals surface area contributed by atoms with Crippen LogP contribution in [0.1, 0.15) is 25.8 Å². The van der Waals surface area contributed by atoms with Crippen LogP contribution in [-0.4, -0.2) is 50.2 Å². The Morgan fingerprint density at radius 3 is 2.06 bits per heavy atom. The van der Waals surface area contributed by atoms with Gasteiger partial charge in [0.1, 0.15) is 18.9 Å². The number of anilines is 1. The van der Waals surface area contributed by atoms with Crippen molar-refractivity contribution in [3.63, 3.8) is 0 Å². The molecule has 0 aliphatic heterocycles. The van der Waals surface area contributed by atoms with Gasteiger partial charge >= 0.3 is 0 Å². The molecule has 6 nitrogen and oxygen atoms in total. The summed E-state index contributed by atoms with van der Waals surface area (Å²) in [6.45, 7) is 15.1. The van der Waals surface area contributed by atoms with Crippen molar-refractivity contribution in [1.29, 1.82) is 0 Å². The fourth-order valence-electron chi connectivity index (χ4n) is 3.10. The van der Waals surface area contributed by atoms with Crippen molar-refractivity contribution in [3.05, 3.63) is 63.6 Å². The Morgan fingerprint density at radius 1 is 1.09 bits per heavy atom. The van der Waals surface area contributed by atoms with Crippen molar-refractivity contribution < 1.29 is 22.2 Å². The lowest BCUT2D eigenvalue weighted by Crippen LogP contribution is -2.50. The van der Waals surface area contributed by atoms with Crippen LogP contribution in [0.25, 0.3) is 0 Å². The SMILES string of the molecule is C=CCC[N+](CC)(CC)CCOc1c(Br)cc(N)cc1Br.Cc1ccc(S(=O)(=O)O)cc1. The zero-order chi connectivity index (χ0) is 24.4. The van der Waals surface area contributed by atoms with Gasteiger partial charge in [0.05, 0.1) is 33.5 Å². The minimum Gasteiger partial charge on any atom is -0.485 e. The fourth-order valence-corrected chi connectivity index (χ4v) is 5.03. The molecule has 0 aliphatic rings. The quantitative estimate of drug-likeness (QED) is 0.156. The number of nitrogens with two attached hydrogens (primary N) is 1. The van der Waals surface area contributed by atoms with Crippen LogP contribution in [0.2, 0.25) is 0 Å². The van der Waals surface area contributed by atoms with Gasteiger partial charge in [0, 0.05) is 12.1 Å². The predicted molar refractivity (Wildman–Crippen MR) is 139 cm³/mol. The molecule has 3 N–H and O–H groups in total. The van der Waals surface area contributed by atoms with Crippen LogP contribution in [0.4, 0.5) is 5.69 Å². The summed E-state index contributed by atoms with van der Waals surface area (Å²) in [5, 5.41) is 0. The van der Waals surface area contributed by atoms with Crippen LogP contribution in [0.3, 0.4) is 0 Å². The van der Waals surface area contributed by atoms with E-state index in [-0.39, 0.29) is 4.90 Å². The molecule has 0 aromatic heterocycles. The van der Waals surface area contributed by atoms with Gasteiger partial charge in [-0.1, -0.05) is 23.8 Å². The summed E-state index contributed by atoms with van der Waals surface area (Å²) in [7, 11) is -4.02. The molecule has 32 heavy (non-hydrogen) atoms. The number of likely N-dealkylation sites (N-methyl/N-ethyl adjacent to an activating group) is 1. The molecule has 0 amide bonds. The maximum absolute atomic E-state index is 10.5. The van der Waals surface area contributed by atoms with Crippen molar-refractivity contribution in [1.82, 2.24) is 0 Å². The molecule has 0 unspecified atom stereocenters. The van der Waals surface area contributed by atoms with Gasteiger partial charge in [0.15, 0.2) is 0 Å². The monoisotopic (exact) mass is 591 g/mol. The third-order valence-electron chi connectivity index (χ3n) is 5.30. The van der Waals surface area contributed by atoms with Gasteiger partial charge in [-0.05, 0) is 76.9 Å². The number of benzene rings is 2. The number of halogens is 2. The van der Waals surface area contributed by atoms with E-state index >= 15 is 0 Å². The minimum atomic E-state index is -4.02. The number of hydrogen-bond acceptors (Lipinski definition) is 4. The van der Waals surface area contributed by atoms with Crippen LogP contribution in [0, 0.1) is 6.92 Å². The molecule has 2 aromatic carbocycles. The first-order chi connectivity index (χ1) is 15.0. The molecule has 9 heteroatoms. The predicted octanol–water partition coefficient (Wildman–Crippen LogP) is 5.85. The Balaban J connectivity index is 0.000000389. The largest absolute Gasteiger partial charge is 0.485 e. The van der Waals surface area contributed by atoms with Gasteiger partial charge in [-0.2, -0.15) is 8.42 Å². The zero-order valence-corrected chi connectivity index (χ0v) is 22.8. The number of ether oxygens (including phenoxy) is 1. The van der Waals surface area contributed by atoms with E-state index in [1.807, 2.05) is 25.1 Å². The van der Waals surface area contributed by atoms with E-state index in [4.69, 9.17) is 15.0 Å². The van der Waals surface area contributed by atoms with Gasteiger partial charge < -0.3 is 15.0 Å². The first-order valence-electron chi connectivity index (χ1n) is 10.4. The highest BCUT2D eigenvalue weighted by Crippen LogP contribution is 2.35. The van der Waals surface area contributed by atoms with E-state index in [2.05, 4.69) is 52.3 Å². The molecule has 0 fully saturated rings. The third kappa shape index (κ3) is 9.23. The number of rotatable bonds is 10. The number of nitrogen functional groups attached to an aromatic ring is 1. The molecule has 0 aliphatic carbocycles. The number of hydrogen-bond donors (Lipinski definition) is 2. The normalized spacial score (nSPS) is 11.4. The smallest absolute Gasteiger partial charge is 0.294 e. The average Bonchev–Trinajstić information content (AvgIpc) is 2.72. The first kappa shape index (κ1) is 28.6. The summed E-state index contributed by atoms with van der Waals surface area (Å²) >= 11 is 7.00. The Hall–Kier alpha value is -1.39. The molecule has 2 rings (SSSR count). The molecule has 0 radical (unpaired) electrons. The van der Waals surface area contributed by atoms with Gasteiger partial charge in [0.2, 0.25) is 0 Å². The topological polar surface area (TPSA) is 89.6 Å². The van der Waals surface area contributed by atoms with E-state index in [0.29, 0.717) is 12.3 Å². The molecule has 178 valence electrons. The summed E-state index contributed by atoms with van der Waals surface area (Å²) in [5.41, 5.74) is 7.46. The molecule has 0 saturated heterocycles. The lowest BCUT2D eigenvalue weighted by molar-refractivity contribution is -0.924. The minimum absolute atomic E-state index is 0.0666. The summed E-state index contributed by atoms with van der Waals surface area (Å²) in [4.78, 5) is -0.0666. The lowest BCUT2D eigenvalue weighted by Gasteiger charge is -2.36. The maximum atomic E-state index is 10.5. The van der Waals surface area contributed by atoms with Crippen LogP contribution >= 0.6 is 31.9 Å². The first-order valence-corrected chi connectivity index (χ1v) is 13.4.